The van der Waals surface area contributed by atoms with E-state index in [4.69, 9.17) is 15.9 Å². The lowest BCUT2D eigenvalue weighted by Gasteiger charge is -2.22. The first-order chi connectivity index (χ1) is 5.83. The molecule has 0 aliphatic carbocycles. The standard InChI is InChI=1S/C8H15N3O/c9-5-7(10)6-11-8-1-3-12-4-2-8/h5-6,8-9,11H,1-4,10H2/b7-6+,9-5?. The Kier molecular flexibility index (Phi) is 3.60. The highest BCUT2D eigenvalue weighted by Gasteiger charge is 2.10. The molecule has 0 amide bonds. The molecule has 4 heteroatoms. The molecule has 0 bridgehead atoms. The minimum atomic E-state index is 0.456. The molecule has 1 heterocycles. The Labute approximate surface area is 72.3 Å². The first-order valence-corrected chi connectivity index (χ1v) is 4.13. The van der Waals surface area contributed by atoms with E-state index in [1.54, 1.807) is 6.20 Å². The third kappa shape index (κ3) is 2.92. The second kappa shape index (κ2) is 4.77. The molecule has 0 radical (unpaired) electrons. The molecule has 68 valence electrons. The van der Waals surface area contributed by atoms with Gasteiger partial charge in [0.15, 0.2) is 0 Å². The second-order valence-corrected chi connectivity index (χ2v) is 2.84. The molecular weight excluding hydrogens is 154 g/mol. The zero-order valence-corrected chi connectivity index (χ0v) is 7.05. The summed E-state index contributed by atoms with van der Waals surface area (Å²) in [5.41, 5.74) is 5.87. The zero-order chi connectivity index (χ0) is 8.81. The Balaban J connectivity index is 2.25. The highest BCUT2D eigenvalue weighted by Crippen LogP contribution is 2.05. The van der Waals surface area contributed by atoms with Gasteiger partial charge in [-0.2, -0.15) is 0 Å². The van der Waals surface area contributed by atoms with Crippen LogP contribution in [0.3, 0.4) is 0 Å². The fourth-order valence-corrected chi connectivity index (χ4v) is 1.12. The summed E-state index contributed by atoms with van der Waals surface area (Å²) in [6, 6.07) is 0.456. The number of rotatable bonds is 3. The van der Waals surface area contributed by atoms with Crippen LogP contribution in [0, 0.1) is 5.41 Å². The summed E-state index contributed by atoms with van der Waals surface area (Å²) in [6.45, 7) is 1.63. The van der Waals surface area contributed by atoms with Crippen molar-refractivity contribution in [1.82, 2.24) is 5.32 Å². The average Bonchev–Trinajstić information content (AvgIpc) is 2.16. The Morgan fingerprint density at radius 1 is 1.50 bits per heavy atom. The van der Waals surface area contributed by atoms with E-state index in [1.807, 2.05) is 0 Å². The molecule has 1 aliphatic rings. The van der Waals surface area contributed by atoms with E-state index in [0.29, 0.717) is 11.7 Å². The monoisotopic (exact) mass is 169 g/mol. The maximum atomic E-state index is 6.84. The van der Waals surface area contributed by atoms with Crippen molar-refractivity contribution < 1.29 is 4.74 Å². The lowest BCUT2D eigenvalue weighted by molar-refractivity contribution is 0.0812. The number of allylic oxidation sites excluding steroid dienone is 1. The summed E-state index contributed by atoms with van der Waals surface area (Å²) in [7, 11) is 0. The maximum absolute atomic E-state index is 6.84. The Morgan fingerprint density at radius 3 is 2.75 bits per heavy atom. The van der Waals surface area contributed by atoms with Gasteiger partial charge in [-0.15, -0.1) is 0 Å². The van der Waals surface area contributed by atoms with Gasteiger partial charge in [0.25, 0.3) is 0 Å². The van der Waals surface area contributed by atoms with Gasteiger partial charge >= 0.3 is 0 Å². The molecule has 0 unspecified atom stereocenters. The minimum Gasteiger partial charge on any atom is -0.396 e. The van der Waals surface area contributed by atoms with Gasteiger partial charge in [-0.3, -0.25) is 0 Å². The van der Waals surface area contributed by atoms with Gasteiger partial charge in [0.2, 0.25) is 0 Å². The predicted octanol–water partition coefficient (Wildman–Crippen LogP) is 0.205. The van der Waals surface area contributed by atoms with Gasteiger partial charge in [-0.05, 0) is 12.8 Å². The molecule has 0 atom stereocenters. The normalized spacial score (nSPS) is 20.5. The SMILES string of the molecule is N=C/C(N)=C\NC1CCOCC1. The van der Waals surface area contributed by atoms with Gasteiger partial charge in [0.1, 0.15) is 0 Å². The molecule has 0 aromatic heterocycles. The van der Waals surface area contributed by atoms with E-state index in [2.05, 4.69) is 5.32 Å². The molecule has 1 saturated heterocycles. The van der Waals surface area contributed by atoms with Crippen LogP contribution < -0.4 is 11.1 Å². The molecule has 0 spiro atoms. The Morgan fingerprint density at radius 2 is 2.17 bits per heavy atom. The number of nitrogens with two attached hydrogens (primary N) is 1. The highest BCUT2D eigenvalue weighted by molar-refractivity contribution is 5.73. The lowest BCUT2D eigenvalue weighted by atomic mass is 10.1. The van der Waals surface area contributed by atoms with Crippen molar-refractivity contribution in [3.8, 4) is 0 Å². The van der Waals surface area contributed by atoms with Gasteiger partial charge in [-0.1, -0.05) is 0 Å². The van der Waals surface area contributed by atoms with E-state index in [-0.39, 0.29) is 0 Å². The smallest absolute Gasteiger partial charge is 0.0652 e. The van der Waals surface area contributed by atoms with E-state index in [0.717, 1.165) is 32.3 Å². The fraction of sp³-hybridized carbons (Fsp3) is 0.625. The van der Waals surface area contributed by atoms with Crippen LogP contribution in [0.4, 0.5) is 0 Å². The van der Waals surface area contributed by atoms with Gasteiger partial charge < -0.3 is 21.2 Å². The molecule has 0 aromatic carbocycles. The summed E-state index contributed by atoms with van der Waals surface area (Å²) in [5.74, 6) is 0. The third-order valence-electron chi connectivity index (χ3n) is 1.87. The van der Waals surface area contributed by atoms with Crippen molar-refractivity contribution in [2.45, 2.75) is 18.9 Å². The van der Waals surface area contributed by atoms with Crippen LogP contribution in [-0.2, 0) is 4.74 Å². The van der Waals surface area contributed by atoms with Crippen molar-refractivity contribution in [1.29, 1.82) is 5.41 Å². The summed E-state index contributed by atoms with van der Waals surface area (Å²) in [6.07, 6.45) is 4.85. The predicted molar refractivity (Wildman–Crippen MR) is 48.0 cm³/mol. The molecule has 4 N–H and O–H groups in total. The first kappa shape index (κ1) is 9.06. The van der Waals surface area contributed by atoms with Crippen LogP contribution >= 0.6 is 0 Å². The zero-order valence-electron chi connectivity index (χ0n) is 7.05. The number of hydrogen-bond donors (Lipinski definition) is 3. The third-order valence-corrected chi connectivity index (χ3v) is 1.87. The first-order valence-electron chi connectivity index (χ1n) is 4.13. The van der Waals surface area contributed by atoms with Crippen molar-refractivity contribution in [3.63, 3.8) is 0 Å². The van der Waals surface area contributed by atoms with Crippen molar-refractivity contribution in [2.24, 2.45) is 5.73 Å². The summed E-state index contributed by atoms with van der Waals surface area (Å²) in [4.78, 5) is 0. The number of ether oxygens (including phenoxy) is 1. The summed E-state index contributed by atoms with van der Waals surface area (Å²) >= 11 is 0. The van der Waals surface area contributed by atoms with Crippen LogP contribution in [0.2, 0.25) is 0 Å². The Hall–Kier alpha value is -1.03. The fourth-order valence-electron chi connectivity index (χ4n) is 1.12. The van der Waals surface area contributed by atoms with Crippen molar-refractivity contribution in [2.75, 3.05) is 13.2 Å². The topological polar surface area (TPSA) is 71.1 Å². The quantitative estimate of drug-likeness (QED) is 0.529. The van der Waals surface area contributed by atoms with Crippen LogP contribution in [0.5, 0.6) is 0 Å². The molecule has 4 nitrogen and oxygen atoms in total. The number of nitrogens with one attached hydrogen (secondary N) is 2. The van der Waals surface area contributed by atoms with Gasteiger partial charge in [0.05, 0.1) is 5.70 Å². The average molecular weight is 169 g/mol. The Bertz CT molecular complexity index is 173. The molecule has 1 aliphatic heterocycles. The van der Waals surface area contributed by atoms with E-state index in [9.17, 15) is 0 Å². The lowest BCUT2D eigenvalue weighted by Crippen LogP contribution is -2.32. The van der Waals surface area contributed by atoms with Crippen LogP contribution in [-0.4, -0.2) is 25.5 Å². The van der Waals surface area contributed by atoms with Crippen LogP contribution in [0.15, 0.2) is 11.9 Å². The molecular formula is C8H15N3O. The van der Waals surface area contributed by atoms with Crippen molar-refractivity contribution in [3.05, 3.63) is 11.9 Å². The molecule has 0 saturated carbocycles. The number of hydrogen-bond acceptors (Lipinski definition) is 4. The molecule has 1 fully saturated rings. The van der Waals surface area contributed by atoms with Gasteiger partial charge in [-0.25, -0.2) is 0 Å². The minimum absolute atomic E-state index is 0.456. The molecule has 12 heavy (non-hydrogen) atoms. The van der Waals surface area contributed by atoms with Crippen LogP contribution in [0.1, 0.15) is 12.8 Å². The van der Waals surface area contributed by atoms with Crippen LogP contribution in [0.25, 0.3) is 0 Å². The largest absolute Gasteiger partial charge is 0.396 e. The van der Waals surface area contributed by atoms with Crippen molar-refractivity contribution >= 4 is 6.21 Å². The summed E-state index contributed by atoms with van der Waals surface area (Å²) < 4.78 is 5.20. The molecule has 1 rings (SSSR count). The van der Waals surface area contributed by atoms with E-state index >= 15 is 0 Å². The molecule has 0 aromatic rings. The summed E-state index contributed by atoms with van der Waals surface area (Å²) in [5, 5.41) is 10.00. The second-order valence-electron chi connectivity index (χ2n) is 2.84. The van der Waals surface area contributed by atoms with E-state index in [1.165, 1.54) is 0 Å². The van der Waals surface area contributed by atoms with E-state index < -0.39 is 0 Å². The highest BCUT2D eigenvalue weighted by atomic mass is 16.5. The van der Waals surface area contributed by atoms with Gasteiger partial charge in [0, 0.05) is 31.7 Å². The maximum Gasteiger partial charge on any atom is 0.0652 e.